The number of carbonyl (C=O) groups is 2. The minimum absolute atomic E-state index is 0.149. The first-order chi connectivity index (χ1) is 11.6. The summed E-state index contributed by atoms with van der Waals surface area (Å²) in [5, 5.41) is 13.2. The van der Waals surface area contributed by atoms with Gasteiger partial charge in [-0.3, -0.25) is 14.6 Å². The van der Waals surface area contributed by atoms with Crippen LogP contribution in [0.3, 0.4) is 0 Å². The zero-order chi connectivity index (χ0) is 17.4. The first-order valence-electron chi connectivity index (χ1n) is 7.28. The van der Waals surface area contributed by atoms with Crippen molar-refractivity contribution >= 4 is 44.2 Å². The Morgan fingerprint density at radius 1 is 1.21 bits per heavy atom. The quantitative estimate of drug-likeness (QED) is 0.521. The maximum absolute atomic E-state index is 12.1. The van der Waals surface area contributed by atoms with Crippen LogP contribution in [0.4, 0.5) is 0 Å². The number of nitrogens with one attached hydrogen (secondary N) is 1. The van der Waals surface area contributed by atoms with Gasteiger partial charge in [-0.05, 0) is 23.6 Å². The van der Waals surface area contributed by atoms with E-state index in [0.29, 0.717) is 23.7 Å². The van der Waals surface area contributed by atoms with Crippen molar-refractivity contribution in [3.05, 3.63) is 36.2 Å². The van der Waals surface area contributed by atoms with Crippen molar-refractivity contribution in [2.45, 2.75) is 6.42 Å². The molecule has 6 nitrogen and oxygen atoms in total. The number of carbonyl (C=O) groups excluding carboxylic acids is 1. The Labute approximate surface area is 147 Å². The Morgan fingerprint density at radius 2 is 2.00 bits per heavy atom. The molecule has 0 spiro atoms. The lowest BCUT2D eigenvalue weighted by Gasteiger charge is -2.06. The van der Waals surface area contributed by atoms with Crippen LogP contribution in [0.1, 0.15) is 16.9 Å². The highest BCUT2D eigenvalue weighted by Crippen LogP contribution is 2.22. The number of methoxy groups -OCH3 is 1. The molecular formula is C16H18N2O4S2. The molecule has 0 atom stereocenters. The van der Waals surface area contributed by atoms with Gasteiger partial charge in [-0.15, -0.1) is 0 Å². The number of aromatic nitrogens is 1. The summed E-state index contributed by atoms with van der Waals surface area (Å²) in [7, 11) is 4.64. The van der Waals surface area contributed by atoms with Crippen molar-refractivity contribution in [3.63, 3.8) is 0 Å². The summed E-state index contributed by atoms with van der Waals surface area (Å²) in [6, 6.07) is 7.35. The van der Waals surface area contributed by atoms with E-state index in [1.807, 2.05) is 18.2 Å². The molecule has 1 aromatic carbocycles. The lowest BCUT2D eigenvalue weighted by Crippen LogP contribution is -2.26. The Morgan fingerprint density at radius 3 is 2.75 bits per heavy atom. The van der Waals surface area contributed by atoms with Gasteiger partial charge in [0.05, 0.1) is 13.5 Å². The van der Waals surface area contributed by atoms with Crippen molar-refractivity contribution < 1.29 is 19.4 Å². The fourth-order valence-corrected chi connectivity index (χ4v) is 3.80. The standard InChI is InChI=1S/C16H18N2O4S2/c1-22-13-3-2-11-9-14(18-10-12(11)8-13)16(21)17-5-7-24-23-6-4-15(19)20/h2-3,8-10H,4-7H2,1H3,(H,17,21)(H,19,20). The average molecular weight is 366 g/mol. The Bertz CT molecular complexity index is 724. The summed E-state index contributed by atoms with van der Waals surface area (Å²) in [6.45, 7) is 0.506. The second-order valence-electron chi connectivity index (χ2n) is 4.83. The van der Waals surface area contributed by atoms with Crippen LogP contribution < -0.4 is 10.1 Å². The normalized spacial score (nSPS) is 10.5. The van der Waals surface area contributed by atoms with E-state index in [2.05, 4.69) is 10.3 Å². The average Bonchev–Trinajstić information content (AvgIpc) is 2.59. The smallest absolute Gasteiger partial charge is 0.304 e. The second-order valence-corrected chi connectivity index (χ2v) is 7.53. The monoisotopic (exact) mass is 366 g/mol. The van der Waals surface area contributed by atoms with E-state index < -0.39 is 5.97 Å². The van der Waals surface area contributed by atoms with Crippen LogP contribution in [0, 0.1) is 0 Å². The number of carboxylic acid groups (broad SMARTS) is 1. The third kappa shape index (κ3) is 5.61. The van der Waals surface area contributed by atoms with Crippen LogP contribution in [0.2, 0.25) is 0 Å². The van der Waals surface area contributed by atoms with E-state index >= 15 is 0 Å². The highest BCUT2D eigenvalue weighted by Gasteiger charge is 2.08. The molecule has 1 amide bonds. The number of rotatable bonds is 9. The molecule has 0 saturated heterocycles. The van der Waals surface area contributed by atoms with Gasteiger partial charge in [-0.2, -0.15) is 0 Å². The summed E-state index contributed by atoms with van der Waals surface area (Å²) in [5.41, 5.74) is 0.371. The molecule has 2 aromatic rings. The number of benzene rings is 1. The Kier molecular flexibility index (Phi) is 7.20. The molecule has 2 N–H and O–H groups in total. The number of fused-ring (bicyclic) bond motifs is 1. The third-order valence-electron chi connectivity index (χ3n) is 3.12. The summed E-state index contributed by atoms with van der Waals surface area (Å²) >= 11 is 0. The minimum Gasteiger partial charge on any atom is -0.497 e. The molecule has 0 unspecified atom stereocenters. The first kappa shape index (κ1) is 18.4. The predicted molar refractivity (Wildman–Crippen MR) is 97.8 cm³/mol. The number of aliphatic carboxylic acids is 1. The van der Waals surface area contributed by atoms with Gasteiger partial charge in [0.1, 0.15) is 11.4 Å². The van der Waals surface area contributed by atoms with Gasteiger partial charge >= 0.3 is 5.97 Å². The number of pyridine rings is 1. The molecule has 1 heterocycles. The van der Waals surface area contributed by atoms with E-state index in [4.69, 9.17) is 9.84 Å². The molecule has 2 rings (SSSR count). The topological polar surface area (TPSA) is 88.5 Å². The van der Waals surface area contributed by atoms with Gasteiger partial charge < -0.3 is 15.2 Å². The molecule has 0 fully saturated rings. The second kappa shape index (κ2) is 9.39. The van der Waals surface area contributed by atoms with Crippen molar-refractivity contribution in [3.8, 4) is 5.75 Å². The van der Waals surface area contributed by atoms with Crippen LogP contribution in [0.25, 0.3) is 10.8 Å². The number of hydrogen-bond donors (Lipinski definition) is 2. The van der Waals surface area contributed by atoms with Crippen molar-refractivity contribution in [1.82, 2.24) is 10.3 Å². The molecule has 0 radical (unpaired) electrons. The van der Waals surface area contributed by atoms with E-state index in [1.54, 1.807) is 30.2 Å². The van der Waals surface area contributed by atoms with Gasteiger partial charge in [0.2, 0.25) is 0 Å². The first-order valence-corrected chi connectivity index (χ1v) is 9.77. The van der Waals surface area contributed by atoms with Crippen LogP contribution in [0.5, 0.6) is 5.75 Å². The molecule has 0 aliphatic carbocycles. The number of carboxylic acids is 1. The fourth-order valence-electron chi connectivity index (χ4n) is 1.91. The molecule has 0 aliphatic rings. The highest BCUT2D eigenvalue weighted by molar-refractivity contribution is 8.76. The Hall–Kier alpha value is -1.93. The molecule has 0 aliphatic heterocycles. The van der Waals surface area contributed by atoms with E-state index in [1.165, 1.54) is 10.8 Å². The number of nitrogens with zero attached hydrogens (tertiary/aromatic N) is 1. The molecule has 24 heavy (non-hydrogen) atoms. The number of ether oxygens (including phenoxy) is 1. The largest absolute Gasteiger partial charge is 0.497 e. The van der Waals surface area contributed by atoms with Crippen molar-refractivity contribution in [2.24, 2.45) is 0 Å². The molecule has 1 aromatic heterocycles. The maximum atomic E-state index is 12.1. The molecule has 0 bridgehead atoms. The minimum atomic E-state index is -0.795. The van der Waals surface area contributed by atoms with E-state index in [-0.39, 0.29) is 12.3 Å². The van der Waals surface area contributed by atoms with Crippen LogP contribution in [0.15, 0.2) is 30.5 Å². The highest BCUT2D eigenvalue weighted by atomic mass is 33.1. The van der Waals surface area contributed by atoms with Gasteiger partial charge in [0, 0.05) is 29.6 Å². The Balaban J connectivity index is 1.80. The van der Waals surface area contributed by atoms with Gasteiger partial charge in [0.15, 0.2) is 0 Å². The number of hydrogen-bond acceptors (Lipinski definition) is 6. The summed E-state index contributed by atoms with van der Waals surface area (Å²) in [6.07, 6.45) is 1.80. The summed E-state index contributed by atoms with van der Waals surface area (Å²) in [5.74, 6) is 1.00. The van der Waals surface area contributed by atoms with Crippen LogP contribution in [-0.2, 0) is 4.79 Å². The van der Waals surface area contributed by atoms with Gasteiger partial charge in [-0.1, -0.05) is 27.7 Å². The van der Waals surface area contributed by atoms with Gasteiger partial charge in [0.25, 0.3) is 5.91 Å². The maximum Gasteiger partial charge on any atom is 0.304 e. The third-order valence-corrected chi connectivity index (χ3v) is 5.52. The zero-order valence-corrected chi connectivity index (χ0v) is 14.8. The summed E-state index contributed by atoms with van der Waals surface area (Å²) in [4.78, 5) is 26.7. The van der Waals surface area contributed by atoms with Crippen molar-refractivity contribution in [2.75, 3.05) is 25.2 Å². The van der Waals surface area contributed by atoms with Crippen molar-refractivity contribution in [1.29, 1.82) is 0 Å². The molecular weight excluding hydrogens is 348 g/mol. The SMILES string of the molecule is COc1ccc2cc(C(=O)NCCSSCCC(=O)O)ncc2c1. The lowest BCUT2D eigenvalue weighted by molar-refractivity contribution is -0.136. The fraction of sp³-hybridized carbons (Fsp3) is 0.312. The van der Waals surface area contributed by atoms with Crippen LogP contribution in [-0.4, -0.2) is 47.1 Å². The van der Waals surface area contributed by atoms with E-state index in [0.717, 1.165) is 16.5 Å². The molecule has 0 saturated carbocycles. The molecule has 128 valence electrons. The van der Waals surface area contributed by atoms with Gasteiger partial charge in [-0.25, -0.2) is 0 Å². The number of amides is 1. The summed E-state index contributed by atoms with van der Waals surface area (Å²) < 4.78 is 5.16. The van der Waals surface area contributed by atoms with Crippen LogP contribution >= 0.6 is 21.6 Å². The lowest BCUT2D eigenvalue weighted by atomic mass is 10.1. The molecule has 8 heteroatoms. The predicted octanol–water partition coefficient (Wildman–Crippen LogP) is 2.83. The zero-order valence-electron chi connectivity index (χ0n) is 13.2. The van der Waals surface area contributed by atoms with E-state index in [9.17, 15) is 9.59 Å².